The zero-order chi connectivity index (χ0) is 14.5. The summed E-state index contributed by atoms with van der Waals surface area (Å²) in [5.41, 5.74) is 0.704. The van der Waals surface area contributed by atoms with E-state index in [0.717, 1.165) is 0 Å². The van der Waals surface area contributed by atoms with Crippen molar-refractivity contribution in [3.8, 4) is 23.0 Å². The lowest BCUT2D eigenvalue weighted by atomic mass is 10.2. The van der Waals surface area contributed by atoms with Crippen molar-refractivity contribution in [1.82, 2.24) is 0 Å². The SMILES string of the molecule is CC(=O)/C=C/c1ccc(Oc2ccc(O)cc2)c(O)c1. The molecule has 0 saturated carbocycles. The molecule has 0 aliphatic heterocycles. The van der Waals surface area contributed by atoms with Crippen LogP contribution in [0.15, 0.2) is 48.5 Å². The third-order valence-electron chi connectivity index (χ3n) is 2.56. The fraction of sp³-hybridized carbons (Fsp3) is 0.0625. The summed E-state index contributed by atoms with van der Waals surface area (Å²) in [5.74, 6) is 0.866. The number of phenolic OH excluding ortho intramolecular Hbond substituents is 2. The minimum Gasteiger partial charge on any atom is -0.508 e. The molecule has 0 amide bonds. The zero-order valence-corrected chi connectivity index (χ0v) is 10.9. The highest BCUT2D eigenvalue weighted by atomic mass is 16.5. The number of ether oxygens (including phenoxy) is 1. The molecule has 0 aromatic heterocycles. The third-order valence-corrected chi connectivity index (χ3v) is 2.56. The maximum absolute atomic E-state index is 10.8. The summed E-state index contributed by atoms with van der Waals surface area (Å²) >= 11 is 0. The van der Waals surface area contributed by atoms with E-state index in [-0.39, 0.29) is 17.3 Å². The number of aromatic hydroxyl groups is 2. The lowest BCUT2D eigenvalue weighted by Gasteiger charge is -2.08. The van der Waals surface area contributed by atoms with Crippen LogP contribution in [0.4, 0.5) is 0 Å². The molecular formula is C16H14O4. The molecule has 0 saturated heterocycles. The lowest BCUT2D eigenvalue weighted by molar-refractivity contribution is -0.112. The van der Waals surface area contributed by atoms with Gasteiger partial charge in [0.05, 0.1) is 0 Å². The number of phenols is 2. The van der Waals surface area contributed by atoms with Gasteiger partial charge in [-0.25, -0.2) is 0 Å². The molecule has 4 nitrogen and oxygen atoms in total. The summed E-state index contributed by atoms with van der Waals surface area (Å²) in [5, 5.41) is 19.1. The summed E-state index contributed by atoms with van der Waals surface area (Å²) < 4.78 is 5.49. The first kappa shape index (κ1) is 13.7. The van der Waals surface area contributed by atoms with Gasteiger partial charge < -0.3 is 14.9 Å². The van der Waals surface area contributed by atoms with Crippen molar-refractivity contribution in [1.29, 1.82) is 0 Å². The standard InChI is InChI=1S/C16H14O4/c1-11(17)2-3-12-4-9-16(15(19)10-12)20-14-7-5-13(18)6-8-14/h2-10,18-19H,1H3/b3-2+. The summed E-state index contributed by atoms with van der Waals surface area (Å²) in [6.45, 7) is 1.46. The predicted molar refractivity (Wildman–Crippen MR) is 76.0 cm³/mol. The molecule has 0 radical (unpaired) electrons. The van der Waals surface area contributed by atoms with Crippen molar-refractivity contribution in [3.63, 3.8) is 0 Å². The van der Waals surface area contributed by atoms with Crippen LogP contribution in [0.2, 0.25) is 0 Å². The molecule has 2 aromatic rings. The topological polar surface area (TPSA) is 66.8 Å². The highest BCUT2D eigenvalue weighted by Gasteiger charge is 2.04. The Balaban J connectivity index is 2.17. The maximum Gasteiger partial charge on any atom is 0.169 e. The van der Waals surface area contributed by atoms with Gasteiger partial charge in [-0.05, 0) is 55.0 Å². The Morgan fingerprint density at radius 1 is 1.10 bits per heavy atom. The number of carbonyl (C=O) groups is 1. The predicted octanol–water partition coefficient (Wildman–Crippen LogP) is 3.49. The Bertz CT molecular complexity index is 642. The summed E-state index contributed by atoms with van der Waals surface area (Å²) in [4.78, 5) is 10.8. The normalized spacial score (nSPS) is 10.7. The van der Waals surface area contributed by atoms with Crippen LogP contribution in [0.1, 0.15) is 12.5 Å². The molecule has 2 aromatic carbocycles. The van der Waals surface area contributed by atoms with Crippen LogP contribution in [0, 0.1) is 0 Å². The fourth-order valence-electron chi connectivity index (χ4n) is 1.58. The average Bonchev–Trinajstić information content (AvgIpc) is 2.41. The van der Waals surface area contributed by atoms with Gasteiger partial charge in [0.2, 0.25) is 0 Å². The summed E-state index contributed by atoms with van der Waals surface area (Å²) in [6, 6.07) is 11.0. The second-order valence-electron chi connectivity index (χ2n) is 4.27. The van der Waals surface area contributed by atoms with Crippen molar-refractivity contribution in [2.45, 2.75) is 6.92 Å². The van der Waals surface area contributed by atoms with Gasteiger partial charge in [0.15, 0.2) is 17.3 Å². The molecule has 0 aliphatic rings. The molecule has 0 atom stereocenters. The van der Waals surface area contributed by atoms with Gasteiger partial charge in [-0.2, -0.15) is 0 Å². The number of carbonyl (C=O) groups excluding carboxylic acids is 1. The number of rotatable bonds is 4. The monoisotopic (exact) mass is 270 g/mol. The van der Waals surface area contributed by atoms with E-state index in [0.29, 0.717) is 17.1 Å². The van der Waals surface area contributed by atoms with Crippen LogP contribution in [0.25, 0.3) is 6.08 Å². The third kappa shape index (κ3) is 3.62. The van der Waals surface area contributed by atoms with E-state index >= 15 is 0 Å². The van der Waals surface area contributed by atoms with E-state index in [4.69, 9.17) is 4.74 Å². The lowest BCUT2D eigenvalue weighted by Crippen LogP contribution is -1.86. The Labute approximate surface area is 116 Å². The van der Waals surface area contributed by atoms with Gasteiger partial charge >= 0.3 is 0 Å². The second kappa shape index (κ2) is 5.93. The molecule has 0 unspecified atom stereocenters. The van der Waals surface area contributed by atoms with E-state index < -0.39 is 0 Å². The van der Waals surface area contributed by atoms with Crippen LogP contribution < -0.4 is 4.74 Å². The Morgan fingerprint density at radius 3 is 2.40 bits per heavy atom. The molecule has 0 spiro atoms. The smallest absolute Gasteiger partial charge is 0.169 e. The van der Waals surface area contributed by atoms with Crippen LogP contribution in [-0.4, -0.2) is 16.0 Å². The maximum atomic E-state index is 10.8. The molecule has 20 heavy (non-hydrogen) atoms. The van der Waals surface area contributed by atoms with Crippen LogP contribution in [0.3, 0.4) is 0 Å². The Hall–Kier alpha value is -2.75. The van der Waals surface area contributed by atoms with E-state index in [1.807, 2.05) is 0 Å². The molecule has 4 heteroatoms. The molecular weight excluding hydrogens is 256 g/mol. The first-order valence-corrected chi connectivity index (χ1v) is 6.03. The van der Waals surface area contributed by atoms with Gasteiger partial charge in [0.25, 0.3) is 0 Å². The number of allylic oxidation sites excluding steroid dienone is 1. The van der Waals surface area contributed by atoms with Gasteiger partial charge in [-0.3, -0.25) is 4.79 Å². The first-order chi connectivity index (χ1) is 9.54. The van der Waals surface area contributed by atoms with Crippen LogP contribution in [0.5, 0.6) is 23.0 Å². The molecule has 0 bridgehead atoms. The highest BCUT2D eigenvalue weighted by Crippen LogP contribution is 2.32. The van der Waals surface area contributed by atoms with E-state index in [1.54, 1.807) is 30.3 Å². The Kier molecular flexibility index (Phi) is 4.05. The number of ketones is 1. The second-order valence-corrected chi connectivity index (χ2v) is 4.27. The molecule has 2 N–H and O–H groups in total. The van der Waals surface area contributed by atoms with Crippen molar-refractivity contribution >= 4 is 11.9 Å². The van der Waals surface area contributed by atoms with Gasteiger partial charge in [-0.1, -0.05) is 12.1 Å². The van der Waals surface area contributed by atoms with E-state index in [9.17, 15) is 15.0 Å². The van der Waals surface area contributed by atoms with Crippen molar-refractivity contribution in [3.05, 3.63) is 54.1 Å². The number of hydrogen-bond acceptors (Lipinski definition) is 4. The quantitative estimate of drug-likeness (QED) is 0.834. The molecule has 2 rings (SSSR count). The van der Waals surface area contributed by atoms with Crippen molar-refractivity contribution < 1.29 is 19.7 Å². The van der Waals surface area contributed by atoms with Gasteiger partial charge in [0, 0.05) is 0 Å². The minimum absolute atomic E-state index is 0.0243. The Morgan fingerprint density at radius 2 is 1.80 bits per heavy atom. The van der Waals surface area contributed by atoms with Crippen LogP contribution >= 0.6 is 0 Å². The van der Waals surface area contributed by atoms with Gasteiger partial charge in [0.1, 0.15) is 11.5 Å². The summed E-state index contributed by atoms with van der Waals surface area (Å²) in [6.07, 6.45) is 3.04. The molecule has 102 valence electrons. The number of hydrogen-bond donors (Lipinski definition) is 2. The van der Waals surface area contributed by atoms with Crippen LogP contribution in [-0.2, 0) is 4.79 Å². The van der Waals surface area contributed by atoms with Crippen molar-refractivity contribution in [2.24, 2.45) is 0 Å². The van der Waals surface area contributed by atoms with Gasteiger partial charge in [-0.15, -0.1) is 0 Å². The first-order valence-electron chi connectivity index (χ1n) is 6.03. The molecule has 0 heterocycles. The minimum atomic E-state index is -0.0612. The summed E-state index contributed by atoms with van der Waals surface area (Å²) in [7, 11) is 0. The fourth-order valence-corrected chi connectivity index (χ4v) is 1.58. The largest absolute Gasteiger partial charge is 0.508 e. The number of benzene rings is 2. The zero-order valence-electron chi connectivity index (χ0n) is 10.9. The molecule has 0 fully saturated rings. The van der Waals surface area contributed by atoms with E-state index in [2.05, 4.69) is 0 Å². The average molecular weight is 270 g/mol. The highest BCUT2D eigenvalue weighted by molar-refractivity contribution is 5.91. The van der Waals surface area contributed by atoms with Crippen molar-refractivity contribution in [2.75, 3.05) is 0 Å². The molecule has 0 aliphatic carbocycles. The van der Waals surface area contributed by atoms with E-state index in [1.165, 1.54) is 31.2 Å².